The quantitative estimate of drug-likeness (QED) is 0.661. The molecule has 4 N–H and O–H groups in total. The maximum atomic E-state index is 11.9. The predicted octanol–water partition coefficient (Wildman–Crippen LogP) is 1.78. The molecule has 0 fully saturated rings. The first-order chi connectivity index (χ1) is 10.8. The number of hydrogen-bond donors (Lipinski definition) is 3. The van der Waals surface area contributed by atoms with Gasteiger partial charge in [-0.15, -0.1) is 12.4 Å². The van der Waals surface area contributed by atoms with E-state index < -0.39 is 6.04 Å². The van der Waals surface area contributed by atoms with E-state index in [-0.39, 0.29) is 42.7 Å². The summed E-state index contributed by atoms with van der Waals surface area (Å²) in [6.45, 7) is 8.02. The number of ether oxygens (including phenoxy) is 1. The Morgan fingerprint density at radius 1 is 1.25 bits per heavy atom. The number of carbonyl (C=O) groups excluding carboxylic acids is 2. The van der Waals surface area contributed by atoms with Gasteiger partial charge in [0.15, 0.2) is 0 Å². The van der Waals surface area contributed by atoms with Gasteiger partial charge in [0.1, 0.15) is 5.75 Å². The molecule has 7 heteroatoms. The van der Waals surface area contributed by atoms with Crippen molar-refractivity contribution in [3.63, 3.8) is 0 Å². The average molecular weight is 358 g/mol. The van der Waals surface area contributed by atoms with Gasteiger partial charge >= 0.3 is 0 Å². The van der Waals surface area contributed by atoms with Crippen molar-refractivity contribution in [1.82, 2.24) is 10.6 Å². The first kappa shape index (κ1) is 22.2. The highest BCUT2D eigenvalue weighted by molar-refractivity contribution is 5.87. The van der Waals surface area contributed by atoms with E-state index in [1.807, 2.05) is 52.0 Å². The fraction of sp³-hybridized carbons (Fsp3) is 0.529. The van der Waals surface area contributed by atoms with Gasteiger partial charge < -0.3 is 21.1 Å². The molecule has 1 aromatic carbocycles. The number of benzene rings is 1. The van der Waals surface area contributed by atoms with Crippen molar-refractivity contribution in [2.75, 3.05) is 13.2 Å². The Labute approximate surface area is 149 Å². The Kier molecular flexibility index (Phi) is 10.1. The fourth-order valence-corrected chi connectivity index (χ4v) is 2.00. The molecule has 0 aliphatic carbocycles. The highest BCUT2D eigenvalue weighted by atomic mass is 35.5. The summed E-state index contributed by atoms with van der Waals surface area (Å²) in [6.07, 6.45) is 0. The Bertz CT molecular complexity index is 538. The number of nitrogens with one attached hydrogen (secondary N) is 2. The molecule has 0 saturated carbocycles. The number of rotatable bonds is 8. The molecule has 0 saturated heterocycles. The van der Waals surface area contributed by atoms with Crippen LogP contribution in [0.3, 0.4) is 0 Å². The average Bonchev–Trinajstić information content (AvgIpc) is 2.52. The van der Waals surface area contributed by atoms with E-state index >= 15 is 0 Å². The third-order valence-electron chi connectivity index (χ3n) is 3.49. The van der Waals surface area contributed by atoms with Crippen LogP contribution in [0.5, 0.6) is 5.75 Å². The van der Waals surface area contributed by atoms with Crippen molar-refractivity contribution in [2.45, 2.75) is 39.8 Å². The van der Waals surface area contributed by atoms with Gasteiger partial charge in [-0.3, -0.25) is 9.59 Å². The van der Waals surface area contributed by atoms with Crippen molar-refractivity contribution >= 4 is 24.2 Å². The lowest BCUT2D eigenvalue weighted by atomic mass is 10.1. The molecule has 6 nitrogen and oxygen atoms in total. The van der Waals surface area contributed by atoms with Crippen LogP contribution in [-0.2, 0) is 9.59 Å². The standard InChI is InChI=1S/C17H27N3O3.ClH/c1-5-23-14-8-6-7-13(9-14)12(4)20-15(21)10-19-17(22)16(18)11(2)3;/h6-9,11-12,16H,5,10,18H2,1-4H3,(H,19,22)(H,20,21);1H/t12?,16-;/m0./s1. The number of carbonyl (C=O) groups is 2. The summed E-state index contributed by atoms with van der Waals surface area (Å²) >= 11 is 0. The van der Waals surface area contributed by atoms with Crippen LogP contribution in [0.25, 0.3) is 0 Å². The summed E-state index contributed by atoms with van der Waals surface area (Å²) in [7, 11) is 0. The third-order valence-corrected chi connectivity index (χ3v) is 3.49. The molecule has 0 spiro atoms. The van der Waals surface area contributed by atoms with E-state index in [1.165, 1.54) is 0 Å². The lowest BCUT2D eigenvalue weighted by molar-refractivity contribution is -0.127. The Hall–Kier alpha value is -1.79. The fourth-order valence-electron chi connectivity index (χ4n) is 2.00. The molecule has 2 atom stereocenters. The molecule has 0 aliphatic heterocycles. The minimum atomic E-state index is -0.608. The lowest BCUT2D eigenvalue weighted by Crippen LogP contribution is -2.47. The molecule has 2 amide bonds. The molecule has 136 valence electrons. The zero-order valence-corrected chi connectivity index (χ0v) is 15.5. The maximum absolute atomic E-state index is 11.9. The van der Waals surface area contributed by atoms with Gasteiger partial charge in [-0.1, -0.05) is 26.0 Å². The van der Waals surface area contributed by atoms with Crippen LogP contribution in [0, 0.1) is 5.92 Å². The van der Waals surface area contributed by atoms with Crippen molar-refractivity contribution < 1.29 is 14.3 Å². The van der Waals surface area contributed by atoms with Gasteiger partial charge in [-0.05, 0) is 37.5 Å². The summed E-state index contributed by atoms with van der Waals surface area (Å²) in [5, 5.41) is 5.39. The zero-order chi connectivity index (χ0) is 17.4. The lowest BCUT2D eigenvalue weighted by Gasteiger charge is -2.17. The van der Waals surface area contributed by atoms with Gasteiger partial charge in [-0.2, -0.15) is 0 Å². The van der Waals surface area contributed by atoms with Gasteiger partial charge in [0.05, 0.1) is 25.2 Å². The topological polar surface area (TPSA) is 93.5 Å². The van der Waals surface area contributed by atoms with E-state index in [1.54, 1.807) is 0 Å². The molecule has 1 rings (SSSR count). The van der Waals surface area contributed by atoms with Crippen LogP contribution in [0.1, 0.15) is 39.3 Å². The second-order valence-corrected chi connectivity index (χ2v) is 5.78. The number of amides is 2. The van der Waals surface area contributed by atoms with E-state index in [0.717, 1.165) is 11.3 Å². The monoisotopic (exact) mass is 357 g/mol. The Balaban J connectivity index is 0.00000529. The van der Waals surface area contributed by atoms with Gasteiger partial charge in [0.2, 0.25) is 11.8 Å². The minimum absolute atomic E-state index is 0. The second kappa shape index (κ2) is 10.9. The smallest absolute Gasteiger partial charge is 0.239 e. The highest BCUT2D eigenvalue weighted by Gasteiger charge is 2.18. The predicted molar refractivity (Wildman–Crippen MR) is 97.2 cm³/mol. The third kappa shape index (κ3) is 7.19. The molecule has 0 radical (unpaired) electrons. The van der Waals surface area contributed by atoms with E-state index in [2.05, 4.69) is 10.6 Å². The Morgan fingerprint density at radius 2 is 1.92 bits per heavy atom. The molecular weight excluding hydrogens is 330 g/mol. The zero-order valence-electron chi connectivity index (χ0n) is 14.7. The van der Waals surface area contributed by atoms with Crippen LogP contribution in [0.2, 0.25) is 0 Å². The van der Waals surface area contributed by atoms with Crippen molar-refractivity contribution in [3.8, 4) is 5.75 Å². The molecule has 1 unspecified atom stereocenters. The summed E-state index contributed by atoms with van der Waals surface area (Å²) in [6, 6.07) is 6.77. The van der Waals surface area contributed by atoms with Crippen molar-refractivity contribution in [3.05, 3.63) is 29.8 Å². The molecule has 0 bridgehead atoms. The summed E-state index contributed by atoms with van der Waals surface area (Å²) in [5.41, 5.74) is 6.67. The summed E-state index contributed by atoms with van der Waals surface area (Å²) in [5.74, 6) is 0.213. The first-order valence-electron chi connectivity index (χ1n) is 7.90. The van der Waals surface area contributed by atoms with E-state index in [9.17, 15) is 9.59 Å². The van der Waals surface area contributed by atoms with Crippen LogP contribution in [-0.4, -0.2) is 31.0 Å². The largest absolute Gasteiger partial charge is 0.494 e. The molecule has 0 aliphatic rings. The molecule has 0 heterocycles. The normalized spacial score (nSPS) is 12.8. The SMILES string of the molecule is CCOc1cccc(C(C)NC(=O)CNC(=O)[C@@H](N)C(C)C)c1.Cl. The molecule has 1 aromatic rings. The Morgan fingerprint density at radius 3 is 2.50 bits per heavy atom. The van der Waals surface area contributed by atoms with Gasteiger partial charge in [0, 0.05) is 0 Å². The highest BCUT2D eigenvalue weighted by Crippen LogP contribution is 2.18. The van der Waals surface area contributed by atoms with Crippen molar-refractivity contribution in [1.29, 1.82) is 0 Å². The van der Waals surface area contributed by atoms with Gasteiger partial charge in [-0.25, -0.2) is 0 Å². The summed E-state index contributed by atoms with van der Waals surface area (Å²) in [4.78, 5) is 23.7. The molecule has 0 aromatic heterocycles. The van der Waals surface area contributed by atoms with Crippen LogP contribution in [0.4, 0.5) is 0 Å². The van der Waals surface area contributed by atoms with Crippen LogP contribution < -0.4 is 21.1 Å². The van der Waals surface area contributed by atoms with Gasteiger partial charge in [0.25, 0.3) is 0 Å². The molecular formula is C17H28ClN3O3. The molecule has 24 heavy (non-hydrogen) atoms. The maximum Gasteiger partial charge on any atom is 0.239 e. The number of halogens is 1. The van der Waals surface area contributed by atoms with Crippen molar-refractivity contribution in [2.24, 2.45) is 11.7 Å². The minimum Gasteiger partial charge on any atom is -0.494 e. The summed E-state index contributed by atoms with van der Waals surface area (Å²) < 4.78 is 5.45. The first-order valence-corrected chi connectivity index (χ1v) is 7.90. The van der Waals surface area contributed by atoms with Crippen LogP contribution >= 0.6 is 12.4 Å². The number of nitrogens with two attached hydrogens (primary N) is 1. The van der Waals surface area contributed by atoms with E-state index in [4.69, 9.17) is 10.5 Å². The van der Waals surface area contributed by atoms with Crippen LogP contribution in [0.15, 0.2) is 24.3 Å². The second-order valence-electron chi connectivity index (χ2n) is 5.78. The number of hydrogen-bond acceptors (Lipinski definition) is 4. The van der Waals surface area contributed by atoms with E-state index in [0.29, 0.717) is 6.61 Å².